The highest BCUT2D eigenvalue weighted by atomic mass is 32.2. The Kier molecular flexibility index (Phi) is 4.45. The van der Waals surface area contributed by atoms with Gasteiger partial charge in [0.05, 0.1) is 0 Å². The van der Waals surface area contributed by atoms with Crippen molar-refractivity contribution in [3.63, 3.8) is 0 Å². The third-order valence-electron chi connectivity index (χ3n) is 2.54. The first kappa shape index (κ1) is 12.0. The van der Waals surface area contributed by atoms with Gasteiger partial charge in [0, 0.05) is 34.7 Å². The van der Waals surface area contributed by atoms with Crippen LogP contribution >= 0.6 is 0 Å². The first-order chi connectivity index (χ1) is 8.34. The average Bonchev–Trinajstić information content (AvgIpc) is 2.39. The van der Waals surface area contributed by atoms with Crippen LogP contribution in [0, 0.1) is 0 Å². The minimum absolute atomic E-state index is 0.645. The molecule has 0 N–H and O–H groups in total. The average molecular weight is 245 g/mol. The van der Waals surface area contributed by atoms with Crippen LogP contribution in [0.2, 0.25) is 0 Å². The maximum absolute atomic E-state index is 11.9. The van der Waals surface area contributed by atoms with Crippen LogP contribution in [-0.2, 0) is 23.0 Å². The number of benzene rings is 1. The summed E-state index contributed by atoms with van der Waals surface area (Å²) in [6.07, 6.45) is 4.40. The van der Waals surface area contributed by atoms with Crippen LogP contribution in [0.25, 0.3) is 0 Å². The molecule has 2 rings (SSSR count). The normalized spacial score (nSPS) is 12.2. The van der Waals surface area contributed by atoms with Crippen molar-refractivity contribution in [2.24, 2.45) is 0 Å². The van der Waals surface area contributed by atoms with Gasteiger partial charge in [-0.2, -0.15) is 0 Å². The van der Waals surface area contributed by atoms with E-state index in [9.17, 15) is 4.21 Å². The zero-order chi connectivity index (χ0) is 11.9. The zero-order valence-corrected chi connectivity index (χ0v) is 10.4. The third-order valence-corrected chi connectivity index (χ3v) is 3.85. The van der Waals surface area contributed by atoms with Crippen LogP contribution in [-0.4, -0.2) is 14.9 Å². The summed E-state index contributed by atoms with van der Waals surface area (Å²) in [6, 6.07) is 13.9. The molecule has 0 radical (unpaired) electrons. The van der Waals surface area contributed by atoms with Crippen molar-refractivity contribution in [2.45, 2.75) is 12.2 Å². The molecule has 0 amide bonds. The number of nitrogens with zero attached hydrogens (tertiary/aromatic N) is 1. The number of pyridine rings is 1. The van der Waals surface area contributed by atoms with Gasteiger partial charge < -0.3 is 0 Å². The molecule has 0 fully saturated rings. The monoisotopic (exact) mass is 245 g/mol. The second kappa shape index (κ2) is 6.30. The molecule has 17 heavy (non-hydrogen) atoms. The molecule has 3 heteroatoms. The molecule has 2 nitrogen and oxygen atoms in total. The minimum Gasteiger partial charge on any atom is -0.265 e. The van der Waals surface area contributed by atoms with E-state index in [1.807, 2.05) is 42.5 Å². The van der Waals surface area contributed by atoms with Crippen LogP contribution in [0.15, 0.2) is 54.9 Å². The largest absolute Gasteiger partial charge is 0.265 e. The molecule has 0 spiro atoms. The fourth-order valence-electron chi connectivity index (χ4n) is 1.61. The van der Waals surface area contributed by atoms with E-state index in [1.54, 1.807) is 12.4 Å². The van der Waals surface area contributed by atoms with Gasteiger partial charge in [0.25, 0.3) is 0 Å². The molecule has 0 saturated heterocycles. The quantitative estimate of drug-likeness (QED) is 0.810. The maximum atomic E-state index is 11.9. The van der Waals surface area contributed by atoms with E-state index in [4.69, 9.17) is 0 Å². The highest BCUT2D eigenvalue weighted by Crippen LogP contribution is 2.05. The molecule has 0 bridgehead atoms. The molecule has 0 aliphatic rings. The molecule has 0 unspecified atom stereocenters. The van der Waals surface area contributed by atoms with Crippen molar-refractivity contribution >= 4 is 10.8 Å². The van der Waals surface area contributed by atoms with Gasteiger partial charge in [-0.05, 0) is 29.7 Å². The van der Waals surface area contributed by atoms with Crippen LogP contribution in [0.3, 0.4) is 0 Å². The maximum Gasteiger partial charge on any atom is 0.0485 e. The number of aryl methyl sites for hydroxylation is 1. The highest BCUT2D eigenvalue weighted by molar-refractivity contribution is 7.84. The van der Waals surface area contributed by atoms with Gasteiger partial charge in [0.15, 0.2) is 0 Å². The molecular weight excluding hydrogens is 230 g/mol. The Labute approximate surface area is 104 Å². The molecule has 1 heterocycles. The predicted molar refractivity (Wildman–Crippen MR) is 71.1 cm³/mol. The molecule has 0 saturated carbocycles. The molecule has 1 aromatic carbocycles. The molecule has 2 aromatic rings. The first-order valence-electron chi connectivity index (χ1n) is 5.62. The topological polar surface area (TPSA) is 30.0 Å². The van der Waals surface area contributed by atoms with E-state index in [0.717, 1.165) is 12.0 Å². The fraction of sp³-hybridized carbons (Fsp3) is 0.214. The van der Waals surface area contributed by atoms with Crippen molar-refractivity contribution in [1.82, 2.24) is 4.98 Å². The number of rotatable bonds is 5. The van der Waals surface area contributed by atoms with Gasteiger partial charge in [-0.15, -0.1) is 0 Å². The molecule has 0 aliphatic carbocycles. The predicted octanol–water partition coefficient (Wildman–Crippen LogP) is 2.57. The van der Waals surface area contributed by atoms with Crippen molar-refractivity contribution in [3.8, 4) is 0 Å². The van der Waals surface area contributed by atoms with Crippen molar-refractivity contribution in [1.29, 1.82) is 0 Å². The van der Waals surface area contributed by atoms with Gasteiger partial charge in [-0.25, -0.2) is 0 Å². The van der Waals surface area contributed by atoms with Crippen LogP contribution in [0.1, 0.15) is 11.1 Å². The summed E-state index contributed by atoms with van der Waals surface area (Å²) in [5.74, 6) is 1.35. The van der Waals surface area contributed by atoms with Crippen LogP contribution in [0.5, 0.6) is 0 Å². The van der Waals surface area contributed by atoms with Gasteiger partial charge >= 0.3 is 0 Å². The van der Waals surface area contributed by atoms with Gasteiger partial charge in [0.2, 0.25) is 0 Å². The fourth-order valence-corrected chi connectivity index (χ4v) is 2.79. The summed E-state index contributed by atoms with van der Waals surface area (Å²) in [5, 5.41) is 0. The summed E-state index contributed by atoms with van der Waals surface area (Å²) < 4.78 is 11.9. The van der Waals surface area contributed by atoms with Gasteiger partial charge in [0.1, 0.15) is 0 Å². The lowest BCUT2D eigenvalue weighted by atomic mass is 10.2. The SMILES string of the molecule is O=[S@](CCc1ccncc1)Cc1ccccc1. The number of hydrogen-bond donors (Lipinski definition) is 0. The van der Waals surface area contributed by atoms with Crippen LogP contribution in [0.4, 0.5) is 0 Å². The Morgan fingerprint density at radius 1 is 0.941 bits per heavy atom. The molecule has 0 aliphatic heterocycles. The van der Waals surface area contributed by atoms with E-state index in [0.29, 0.717) is 11.5 Å². The van der Waals surface area contributed by atoms with E-state index in [-0.39, 0.29) is 0 Å². The molecule has 1 atom stereocenters. The molecular formula is C14H15NOS. The van der Waals surface area contributed by atoms with E-state index in [2.05, 4.69) is 4.98 Å². The van der Waals surface area contributed by atoms with E-state index >= 15 is 0 Å². The van der Waals surface area contributed by atoms with Gasteiger partial charge in [-0.3, -0.25) is 9.19 Å². The lowest BCUT2D eigenvalue weighted by Crippen LogP contribution is -2.03. The molecule has 1 aromatic heterocycles. The van der Waals surface area contributed by atoms with E-state index < -0.39 is 10.8 Å². The van der Waals surface area contributed by atoms with E-state index in [1.165, 1.54) is 5.56 Å². The Balaban J connectivity index is 1.83. The smallest absolute Gasteiger partial charge is 0.0485 e. The summed E-state index contributed by atoms with van der Waals surface area (Å²) in [7, 11) is -0.792. The summed E-state index contributed by atoms with van der Waals surface area (Å²) >= 11 is 0. The number of hydrogen-bond acceptors (Lipinski definition) is 2. The van der Waals surface area contributed by atoms with Gasteiger partial charge in [-0.1, -0.05) is 30.3 Å². The minimum atomic E-state index is -0.792. The zero-order valence-electron chi connectivity index (χ0n) is 9.58. The lowest BCUT2D eigenvalue weighted by molar-refractivity contribution is 0.682. The summed E-state index contributed by atoms with van der Waals surface area (Å²) in [5.41, 5.74) is 2.34. The lowest BCUT2D eigenvalue weighted by Gasteiger charge is -2.02. The second-order valence-corrected chi connectivity index (χ2v) is 5.46. The molecule has 88 valence electrons. The van der Waals surface area contributed by atoms with Crippen LogP contribution < -0.4 is 0 Å². The Bertz CT molecular complexity index is 470. The van der Waals surface area contributed by atoms with Crippen molar-refractivity contribution in [2.75, 3.05) is 5.75 Å². The first-order valence-corrected chi connectivity index (χ1v) is 7.11. The Morgan fingerprint density at radius 3 is 2.35 bits per heavy atom. The van der Waals surface area contributed by atoms with Crippen molar-refractivity contribution < 1.29 is 4.21 Å². The highest BCUT2D eigenvalue weighted by Gasteiger charge is 2.02. The standard InChI is InChI=1S/C14H15NOS/c16-17(12-14-4-2-1-3-5-14)11-8-13-6-9-15-10-7-13/h1-7,9-10H,8,11-12H2/t17-/m1/s1. The van der Waals surface area contributed by atoms with Crippen molar-refractivity contribution in [3.05, 3.63) is 66.0 Å². The second-order valence-electron chi connectivity index (χ2n) is 3.88. The summed E-state index contributed by atoms with van der Waals surface area (Å²) in [4.78, 5) is 3.96. The number of aromatic nitrogens is 1. The third kappa shape index (κ3) is 4.11. The summed E-state index contributed by atoms with van der Waals surface area (Å²) in [6.45, 7) is 0. The Hall–Kier alpha value is -1.48. The Morgan fingerprint density at radius 2 is 1.65 bits per heavy atom.